The third kappa shape index (κ3) is 2.30. The minimum absolute atomic E-state index is 0.118. The summed E-state index contributed by atoms with van der Waals surface area (Å²) in [6, 6.07) is 1.87. The summed E-state index contributed by atoms with van der Waals surface area (Å²) in [7, 11) is 0. The van der Waals surface area contributed by atoms with Crippen molar-refractivity contribution in [2.24, 2.45) is 0 Å². The van der Waals surface area contributed by atoms with E-state index in [1.165, 1.54) is 6.92 Å². The lowest BCUT2D eigenvalue weighted by Crippen LogP contribution is -2.06. The number of hydrogen-bond donors (Lipinski definition) is 0. The van der Waals surface area contributed by atoms with Gasteiger partial charge in [-0.2, -0.15) is 0 Å². The van der Waals surface area contributed by atoms with Crippen molar-refractivity contribution < 1.29 is 14.1 Å². The number of alkyl halides is 1. The van der Waals surface area contributed by atoms with Crippen molar-refractivity contribution in [3.8, 4) is 0 Å². The number of carbonyl (C=O) groups excluding carboxylic acids is 1. The van der Waals surface area contributed by atoms with E-state index in [4.69, 9.17) is 11.6 Å². The van der Waals surface area contributed by atoms with E-state index >= 15 is 0 Å². The zero-order valence-corrected chi connectivity index (χ0v) is 8.55. The Morgan fingerprint density at radius 3 is 2.67 bits per heavy atom. The average molecular weight is 232 g/mol. The first-order chi connectivity index (χ1) is 6.97. The number of ketones is 1. The quantitative estimate of drug-likeness (QED) is 0.347. The summed E-state index contributed by atoms with van der Waals surface area (Å²) in [6.07, 6.45) is 0. The highest BCUT2D eigenvalue weighted by molar-refractivity contribution is 6.31. The molecule has 0 unspecified atom stereocenters. The van der Waals surface area contributed by atoms with Gasteiger partial charge >= 0.3 is 0 Å². The van der Waals surface area contributed by atoms with Gasteiger partial charge in [0.05, 0.1) is 16.4 Å². The Bertz CT molecular complexity index is 434. The summed E-state index contributed by atoms with van der Waals surface area (Å²) in [5.41, 5.74) is -0.592. The van der Waals surface area contributed by atoms with Crippen LogP contribution in [0.25, 0.3) is 0 Å². The maximum Gasteiger partial charge on any atom is 0.280 e. The number of halogens is 2. The first-order valence-corrected chi connectivity index (χ1v) is 4.54. The summed E-state index contributed by atoms with van der Waals surface area (Å²) < 4.78 is 13.1. The summed E-state index contributed by atoms with van der Waals surface area (Å²) in [5.74, 6) is -1.74. The van der Waals surface area contributed by atoms with Gasteiger partial charge in [-0.15, -0.1) is 11.6 Å². The molecule has 15 heavy (non-hydrogen) atoms. The predicted octanol–water partition coefficient (Wildman–Crippen LogP) is 2.46. The molecule has 6 heteroatoms. The molecule has 0 N–H and O–H groups in total. The van der Waals surface area contributed by atoms with Crippen LogP contribution in [-0.2, 0) is 0 Å². The molecule has 0 atom stereocenters. The van der Waals surface area contributed by atoms with E-state index in [-0.39, 0.29) is 11.1 Å². The third-order valence-corrected chi connectivity index (χ3v) is 2.14. The monoisotopic (exact) mass is 231 g/mol. The molecule has 0 aliphatic heterocycles. The molecule has 80 valence electrons. The highest BCUT2D eigenvalue weighted by atomic mass is 35.5. The average Bonchev–Trinajstić information content (AvgIpc) is 2.20. The summed E-state index contributed by atoms with van der Waals surface area (Å²) in [4.78, 5) is 21.1. The molecule has 0 saturated heterocycles. The van der Waals surface area contributed by atoms with Crippen molar-refractivity contribution >= 4 is 23.1 Å². The van der Waals surface area contributed by atoms with E-state index in [0.29, 0.717) is 0 Å². The molecule has 0 radical (unpaired) electrons. The van der Waals surface area contributed by atoms with Crippen molar-refractivity contribution in [2.75, 3.05) is 5.88 Å². The van der Waals surface area contributed by atoms with Crippen LogP contribution in [0.4, 0.5) is 10.1 Å². The first-order valence-electron chi connectivity index (χ1n) is 4.01. The number of Topliss-reactive ketones (excluding diaryl/α,β-unsaturated/α-hetero) is 1. The van der Waals surface area contributed by atoms with Gasteiger partial charge in [-0.1, -0.05) is 0 Å². The molecule has 0 saturated carbocycles. The zero-order chi connectivity index (χ0) is 11.6. The van der Waals surface area contributed by atoms with Crippen LogP contribution in [-0.4, -0.2) is 16.6 Å². The maximum atomic E-state index is 13.1. The van der Waals surface area contributed by atoms with Crippen molar-refractivity contribution in [3.63, 3.8) is 0 Å². The van der Waals surface area contributed by atoms with Gasteiger partial charge in [0.2, 0.25) is 0 Å². The van der Waals surface area contributed by atoms with Crippen molar-refractivity contribution in [1.29, 1.82) is 0 Å². The standard InChI is InChI=1S/C9H7ClFNO3/c1-5-2-8(12(14)15)6(3-7(5)11)9(13)4-10/h2-3H,4H2,1H3. The second kappa shape index (κ2) is 4.35. The van der Waals surface area contributed by atoms with E-state index in [1.54, 1.807) is 0 Å². The molecule has 1 rings (SSSR count). The Kier molecular flexibility index (Phi) is 3.36. The molecular weight excluding hydrogens is 225 g/mol. The molecule has 0 aliphatic carbocycles. The van der Waals surface area contributed by atoms with Gasteiger partial charge in [0.1, 0.15) is 5.82 Å². The number of nitrogens with zero attached hydrogens (tertiary/aromatic N) is 1. The highest BCUT2D eigenvalue weighted by Gasteiger charge is 2.21. The van der Waals surface area contributed by atoms with Gasteiger partial charge in [-0.3, -0.25) is 14.9 Å². The van der Waals surface area contributed by atoms with E-state index in [9.17, 15) is 19.3 Å². The Morgan fingerprint density at radius 2 is 2.20 bits per heavy atom. The van der Waals surface area contributed by atoms with Crippen LogP contribution < -0.4 is 0 Å². The van der Waals surface area contributed by atoms with Crippen LogP contribution in [0.3, 0.4) is 0 Å². The van der Waals surface area contributed by atoms with Crippen molar-refractivity contribution in [2.45, 2.75) is 6.92 Å². The molecule has 1 aromatic rings. The molecule has 4 nitrogen and oxygen atoms in total. The lowest BCUT2D eigenvalue weighted by molar-refractivity contribution is -0.385. The normalized spacial score (nSPS) is 10.1. The van der Waals surface area contributed by atoms with Crippen molar-refractivity contribution in [1.82, 2.24) is 0 Å². The minimum atomic E-state index is -0.730. The Morgan fingerprint density at radius 1 is 1.60 bits per heavy atom. The fraction of sp³-hybridized carbons (Fsp3) is 0.222. The largest absolute Gasteiger partial charge is 0.293 e. The van der Waals surface area contributed by atoms with Crippen LogP contribution in [0, 0.1) is 22.9 Å². The number of rotatable bonds is 3. The van der Waals surface area contributed by atoms with Gasteiger partial charge in [0.15, 0.2) is 5.78 Å². The lowest BCUT2D eigenvalue weighted by Gasteiger charge is -2.02. The highest BCUT2D eigenvalue weighted by Crippen LogP contribution is 2.23. The molecule has 0 fully saturated rings. The van der Waals surface area contributed by atoms with Crippen LogP contribution >= 0.6 is 11.6 Å². The van der Waals surface area contributed by atoms with Crippen LogP contribution in [0.5, 0.6) is 0 Å². The number of aryl methyl sites for hydroxylation is 1. The SMILES string of the molecule is Cc1cc([N+](=O)[O-])c(C(=O)CCl)cc1F. The number of hydrogen-bond acceptors (Lipinski definition) is 3. The Hall–Kier alpha value is -1.49. The Labute approximate surface area is 89.8 Å². The summed E-state index contributed by atoms with van der Waals surface area (Å²) in [6.45, 7) is 1.39. The minimum Gasteiger partial charge on any atom is -0.293 e. The van der Waals surface area contributed by atoms with E-state index in [0.717, 1.165) is 12.1 Å². The number of benzene rings is 1. The van der Waals surface area contributed by atoms with Gasteiger partial charge in [-0.25, -0.2) is 4.39 Å². The molecule has 0 aliphatic rings. The fourth-order valence-electron chi connectivity index (χ4n) is 1.11. The number of nitro benzene ring substituents is 1. The second-order valence-electron chi connectivity index (χ2n) is 2.93. The molecule has 1 aromatic carbocycles. The summed E-state index contributed by atoms with van der Waals surface area (Å²) in [5, 5.41) is 10.6. The molecule has 0 spiro atoms. The van der Waals surface area contributed by atoms with Gasteiger partial charge in [-0.05, 0) is 18.6 Å². The second-order valence-corrected chi connectivity index (χ2v) is 3.20. The first kappa shape index (κ1) is 11.6. The molecule has 0 amide bonds. The summed E-state index contributed by atoms with van der Waals surface area (Å²) >= 11 is 5.26. The van der Waals surface area contributed by atoms with Gasteiger partial charge in [0, 0.05) is 6.07 Å². The smallest absolute Gasteiger partial charge is 0.280 e. The van der Waals surface area contributed by atoms with Crippen LogP contribution in [0.1, 0.15) is 15.9 Å². The van der Waals surface area contributed by atoms with E-state index in [1.807, 2.05) is 0 Å². The van der Waals surface area contributed by atoms with Gasteiger partial charge in [0.25, 0.3) is 5.69 Å². The molecule has 0 aromatic heterocycles. The van der Waals surface area contributed by atoms with Crippen LogP contribution in [0.2, 0.25) is 0 Å². The Balaban J connectivity index is 3.41. The topological polar surface area (TPSA) is 60.2 Å². The molecular formula is C9H7ClFNO3. The van der Waals surface area contributed by atoms with E-state index in [2.05, 4.69) is 0 Å². The van der Waals surface area contributed by atoms with E-state index < -0.39 is 28.1 Å². The fourth-order valence-corrected chi connectivity index (χ4v) is 1.26. The predicted molar refractivity (Wildman–Crippen MR) is 52.8 cm³/mol. The lowest BCUT2D eigenvalue weighted by atomic mass is 10.1. The molecule has 0 bridgehead atoms. The third-order valence-electron chi connectivity index (χ3n) is 1.90. The molecule has 0 heterocycles. The van der Waals surface area contributed by atoms with Crippen LogP contribution in [0.15, 0.2) is 12.1 Å². The number of carbonyl (C=O) groups is 1. The van der Waals surface area contributed by atoms with Crippen molar-refractivity contribution in [3.05, 3.63) is 39.2 Å². The zero-order valence-electron chi connectivity index (χ0n) is 7.79. The van der Waals surface area contributed by atoms with Gasteiger partial charge < -0.3 is 0 Å². The maximum absolute atomic E-state index is 13.1. The number of nitro groups is 1.